The van der Waals surface area contributed by atoms with E-state index in [9.17, 15) is 4.79 Å². The Bertz CT molecular complexity index is 777. The lowest BCUT2D eigenvalue weighted by atomic mass is 9.64. The van der Waals surface area contributed by atoms with Gasteiger partial charge in [0.2, 0.25) is 5.91 Å². The van der Waals surface area contributed by atoms with Crippen molar-refractivity contribution < 1.29 is 9.32 Å². The maximum Gasteiger partial charge on any atom is 0.234 e. The lowest BCUT2D eigenvalue weighted by Crippen LogP contribution is -2.51. The van der Waals surface area contributed by atoms with Gasteiger partial charge in [-0.15, -0.1) is 0 Å². The highest BCUT2D eigenvalue weighted by molar-refractivity contribution is 5.78. The van der Waals surface area contributed by atoms with E-state index in [0.717, 1.165) is 63.6 Å². The molecular formula is C22H30N4O2. The van der Waals surface area contributed by atoms with Gasteiger partial charge in [0.25, 0.3) is 0 Å². The summed E-state index contributed by atoms with van der Waals surface area (Å²) in [6.45, 7) is 7.67. The third-order valence-electron chi connectivity index (χ3n) is 6.21. The molecule has 1 saturated heterocycles. The monoisotopic (exact) mass is 382 g/mol. The number of benzene rings is 1. The van der Waals surface area contributed by atoms with Crippen molar-refractivity contribution in [3.63, 3.8) is 0 Å². The molecule has 1 N–H and O–H groups in total. The standard InChI is InChI=1S/C22H30N4O2/c1-18-14-20(28-24-18)15-25-10-12-26(13-11-25)16-21(27)23-17-22(8-5-9-22)19-6-3-2-4-7-19/h2-4,6-7,14H,5,8-13,15-17H2,1H3,(H,23,27). The topological polar surface area (TPSA) is 61.6 Å². The molecule has 1 saturated carbocycles. The Hall–Kier alpha value is -2.18. The molecule has 6 heteroatoms. The van der Waals surface area contributed by atoms with Crippen LogP contribution in [0.5, 0.6) is 0 Å². The van der Waals surface area contributed by atoms with Crippen LogP contribution in [0.3, 0.4) is 0 Å². The van der Waals surface area contributed by atoms with Gasteiger partial charge in [-0.2, -0.15) is 0 Å². The van der Waals surface area contributed by atoms with Crippen LogP contribution in [0.1, 0.15) is 36.3 Å². The number of aromatic nitrogens is 1. The van der Waals surface area contributed by atoms with Gasteiger partial charge in [0.05, 0.1) is 18.8 Å². The second kappa shape index (κ2) is 8.45. The van der Waals surface area contributed by atoms with Crippen LogP contribution in [0.25, 0.3) is 0 Å². The summed E-state index contributed by atoms with van der Waals surface area (Å²) in [6, 6.07) is 12.6. The lowest BCUT2D eigenvalue weighted by molar-refractivity contribution is -0.123. The molecule has 6 nitrogen and oxygen atoms in total. The van der Waals surface area contributed by atoms with Crippen LogP contribution >= 0.6 is 0 Å². The summed E-state index contributed by atoms with van der Waals surface area (Å²) in [4.78, 5) is 17.1. The van der Waals surface area contributed by atoms with Crippen LogP contribution < -0.4 is 5.32 Å². The van der Waals surface area contributed by atoms with E-state index in [1.807, 2.05) is 13.0 Å². The second-order valence-corrected chi connectivity index (χ2v) is 8.26. The van der Waals surface area contributed by atoms with Crippen molar-refractivity contribution in [3.05, 3.63) is 53.4 Å². The minimum absolute atomic E-state index is 0.140. The zero-order valence-corrected chi connectivity index (χ0v) is 16.7. The molecule has 2 heterocycles. The maximum absolute atomic E-state index is 12.5. The van der Waals surface area contributed by atoms with E-state index in [1.165, 1.54) is 12.0 Å². The smallest absolute Gasteiger partial charge is 0.234 e. The molecule has 1 amide bonds. The first-order chi connectivity index (χ1) is 13.6. The van der Waals surface area contributed by atoms with Gasteiger partial charge in [0.1, 0.15) is 0 Å². The summed E-state index contributed by atoms with van der Waals surface area (Å²) >= 11 is 0. The van der Waals surface area contributed by atoms with E-state index in [4.69, 9.17) is 4.52 Å². The number of nitrogens with zero attached hydrogens (tertiary/aromatic N) is 3. The number of carbonyl (C=O) groups excluding carboxylic acids is 1. The number of hydrogen-bond acceptors (Lipinski definition) is 5. The molecule has 1 aromatic carbocycles. The van der Waals surface area contributed by atoms with Crippen LogP contribution in [0.15, 0.2) is 40.9 Å². The van der Waals surface area contributed by atoms with Crippen LogP contribution in [0.4, 0.5) is 0 Å². The Labute approximate surface area is 166 Å². The number of hydrogen-bond donors (Lipinski definition) is 1. The SMILES string of the molecule is Cc1cc(CN2CCN(CC(=O)NCC3(c4ccccc4)CCC3)CC2)on1. The van der Waals surface area contributed by atoms with Crippen molar-refractivity contribution in [2.75, 3.05) is 39.3 Å². The van der Waals surface area contributed by atoms with Crippen molar-refractivity contribution in [1.29, 1.82) is 0 Å². The van der Waals surface area contributed by atoms with Gasteiger partial charge in [-0.05, 0) is 25.3 Å². The molecule has 1 aromatic heterocycles. The second-order valence-electron chi connectivity index (χ2n) is 8.26. The average molecular weight is 383 g/mol. The lowest BCUT2D eigenvalue weighted by Gasteiger charge is -2.43. The predicted octanol–water partition coefficient (Wildman–Crippen LogP) is 2.34. The molecule has 0 spiro atoms. The van der Waals surface area contributed by atoms with E-state index < -0.39 is 0 Å². The summed E-state index contributed by atoms with van der Waals surface area (Å²) in [6.07, 6.45) is 3.57. The number of piperazine rings is 1. The highest BCUT2D eigenvalue weighted by atomic mass is 16.5. The van der Waals surface area contributed by atoms with Gasteiger partial charge in [-0.3, -0.25) is 14.6 Å². The molecule has 1 aliphatic carbocycles. The summed E-state index contributed by atoms with van der Waals surface area (Å²) < 4.78 is 5.31. The maximum atomic E-state index is 12.5. The third-order valence-corrected chi connectivity index (χ3v) is 6.21. The molecule has 150 valence electrons. The zero-order chi connectivity index (χ0) is 19.4. The molecule has 1 aliphatic heterocycles. The summed E-state index contributed by atoms with van der Waals surface area (Å²) in [5, 5.41) is 7.15. The summed E-state index contributed by atoms with van der Waals surface area (Å²) in [5.41, 5.74) is 2.42. The van der Waals surface area contributed by atoms with Gasteiger partial charge >= 0.3 is 0 Å². The molecule has 2 fully saturated rings. The number of amides is 1. The van der Waals surface area contributed by atoms with E-state index in [2.05, 4.69) is 50.6 Å². The third kappa shape index (κ3) is 4.45. The van der Waals surface area contributed by atoms with Crippen molar-refractivity contribution in [3.8, 4) is 0 Å². The highest BCUT2D eigenvalue weighted by Gasteiger charge is 2.38. The Morgan fingerprint density at radius 3 is 2.46 bits per heavy atom. The first-order valence-electron chi connectivity index (χ1n) is 10.3. The van der Waals surface area contributed by atoms with Crippen molar-refractivity contribution >= 4 is 5.91 Å². The molecule has 0 bridgehead atoms. The molecule has 2 aromatic rings. The highest BCUT2D eigenvalue weighted by Crippen LogP contribution is 2.43. The van der Waals surface area contributed by atoms with E-state index in [1.54, 1.807) is 0 Å². The van der Waals surface area contributed by atoms with Crippen LogP contribution in [0.2, 0.25) is 0 Å². The summed E-state index contributed by atoms with van der Waals surface area (Å²) in [5.74, 6) is 1.05. The van der Waals surface area contributed by atoms with Gasteiger partial charge in [0.15, 0.2) is 5.76 Å². The predicted molar refractivity (Wildman–Crippen MR) is 108 cm³/mol. The minimum atomic E-state index is 0.140. The molecule has 2 aliphatic rings. The van der Waals surface area contributed by atoms with E-state index in [0.29, 0.717) is 6.54 Å². The fraction of sp³-hybridized carbons (Fsp3) is 0.545. The van der Waals surface area contributed by atoms with Gasteiger partial charge in [-0.25, -0.2) is 0 Å². The number of carbonyl (C=O) groups is 1. The number of nitrogens with one attached hydrogen (secondary N) is 1. The number of aryl methyl sites for hydroxylation is 1. The first kappa shape index (κ1) is 19.2. The van der Waals surface area contributed by atoms with Crippen molar-refractivity contribution in [1.82, 2.24) is 20.3 Å². The normalized spacial score (nSPS) is 19.9. The molecular weight excluding hydrogens is 352 g/mol. The van der Waals surface area contributed by atoms with Crippen LogP contribution in [-0.2, 0) is 16.8 Å². The molecule has 0 atom stereocenters. The largest absolute Gasteiger partial charge is 0.360 e. The molecule has 28 heavy (non-hydrogen) atoms. The van der Waals surface area contributed by atoms with Crippen molar-refractivity contribution in [2.45, 2.75) is 38.1 Å². The quantitative estimate of drug-likeness (QED) is 0.796. The zero-order valence-electron chi connectivity index (χ0n) is 16.7. The van der Waals surface area contributed by atoms with Crippen LogP contribution in [0, 0.1) is 6.92 Å². The van der Waals surface area contributed by atoms with Gasteiger partial charge in [-0.1, -0.05) is 41.9 Å². The Balaban J connectivity index is 1.21. The van der Waals surface area contributed by atoms with Crippen LogP contribution in [-0.4, -0.2) is 60.1 Å². The first-order valence-corrected chi connectivity index (χ1v) is 10.3. The molecule has 0 unspecified atom stereocenters. The molecule has 0 radical (unpaired) electrons. The van der Waals surface area contributed by atoms with Gasteiger partial charge < -0.3 is 9.84 Å². The van der Waals surface area contributed by atoms with E-state index >= 15 is 0 Å². The average Bonchev–Trinajstić information content (AvgIpc) is 3.08. The Morgan fingerprint density at radius 1 is 1.14 bits per heavy atom. The Morgan fingerprint density at radius 2 is 1.86 bits per heavy atom. The van der Waals surface area contributed by atoms with Crippen molar-refractivity contribution in [2.24, 2.45) is 0 Å². The van der Waals surface area contributed by atoms with Gasteiger partial charge in [0, 0.05) is 44.2 Å². The minimum Gasteiger partial charge on any atom is -0.360 e. The van der Waals surface area contributed by atoms with E-state index in [-0.39, 0.29) is 11.3 Å². The fourth-order valence-corrected chi connectivity index (χ4v) is 4.31. The number of rotatable bonds is 7. The molecule has 4 rings (SSSR count). The Kier molecular flexibility index (Phi) is 5.78. The fourth-order valence-electron chi connectivity index (χ4n) is 4.31. The summed E-state index contributed by atoms with van der Waals surface area (Å²) in [7, 11) is 0.